The molecule has 22 heavy (non-hydrogen) atoms. The number of methoxy groups -OCH3 is 2. The molecule has 122 valence electrons. The van der Waals surface area contributed by atoms with Gasteiger partial charge in [-0.2, -0.15) is 0 Å². The summed E-state index contributed by atoms with van der Waals surface area (Å²) in [7, 11) is 2.90. The van der Waals surface area contributed by atoms with Gasteiger partial charge in [-0.3, -0.25) is 9.59 Å². The number of carbonyl (C=O) groups excluding carboxylic acids is 2. The van der Waals surface area contributed by atoms with Crippen LogP contribution in [0.1, 0.15) is 30.6 Å². The zero-order valence-corrected chi connectivity index (χ0v) is 13.1. The quantitative estimate of drug-likeness (QED) is 0.299. The molecule has 0 spiro atoms. The van der Waals surface area contributed by atoms with Crippen LogP contribution in [0.2, 0.25) is 0 Å². The summed E-state index contributed by atoms with van der Waals surface area (Å²) < 4.78 is 25.7. The lowest BCUT2D eigenvalue weighted by Crippen LogP contribution is -2.12. The molecule has 0 bridgehead atoms. The predicted molar refractivity (Wildman–Crippen MR) is 77.4 cm³/mol. The minimum absolute atomic E-state index is 0.0358. The molecule has 0 N–H and O–H groups in total. The average molecular weight is 312 g/mol. The van der Waals surface area contributed by atoms with Crippen LogP contribution in [0.3, 0.4) is 0 Å². The molecule has 7 heteroatoms. The number of carbonyl (C=O) groups is 2. The average Bonchev–Trinajstić information content (AvgIpc) is 2.51. The Labute approximate surface area is 129 Å². The van der Waals surface area contributed by atoms with E-state index in [2.05, 4.69) is 0 Å². The summed E-state index contributed by atoms with van der Waals surface area (Å²) in [6.45, 7) is 2.89. The Morgan fingerprint density at radius 1 is 1.00 bits per heavy atom. The van der Waals surface area contributed by atoms with Crippen molar-refractivity contribution in [3.05, 3.63) is 17.7 Å². The van der Waals surface area contributed by atoms with Crippen molar-refractivity contribution in [1.29, 1.82) is 0 Å². The summed E-state index contributed by atoms with van der Waals surface area (Å²) in [5.74, 6) is -0.346. The monoisotopic (exact) mass is 312 g/mol. The second-order valence-corrected chi connectivity index (χ2v) is 4.26. The maximum Gasteiger partial charge on any atom is 0.311 e. The van der Waals surface area contributed by atoms with E-state index in [-0.39, 0.29) is 48.6 Å². The molecule has 7 nitrogen and oxygen atoms in total. The largest absolute Gasteiger partial charge is 0.463 e. The molecular weight excluding hydrogens is 292 g/mol. The molecule has 0 aliphatic rings. The van der Waals surface area contributed by atoms with Crippen molar-refractivity contribution in [2.45, 2.75) is 20.3 Å². The molecule has 0 aromatic heterocycles. The molecule has 0 unspecified atom stereocenters. The highest BCUT2D eigenvalue weighted by Crippen LogP contribution is 2.41. The van der Waals surface area contributed by atoms with Crippen molar-refractivity contribution in [3.63, 3.8) is 0 Å². The van der Waals surface area contributed by atoms with Gasteiger partial charge < -0.3 is 23.7 Å². The predicted octanol–water partition coefficient (Wildman–Crippen LogP) is 2.17. The molecule has 0 atom stereocenters. The molecule has 0 saturated carbocycles. The molecule has 1 aromatic rings. The second kappa shape index (κ2) is 9.01. The minimum Gasteiger partial charge on any atom is -0.463 e. The van der Waals surface area contributed by atoms with Gasteiger partial charge in [-0.1, -0.05) is 6.92 Å². The SMILES string of the molecule is CCC(=O)Oc1c(OCOC)ccc(C(C)=O)c1OCOC. The fourth-order valence-electron chi connectivity index (χ4n) is 1.60. The van der Waals surface area contributed by atoms with Crippen molar-refractivity contribution in [3.8, 4) is 17.2 Å². The highest BCUT2D eigenvalue weighted by Gasteiger charge is 2.22. The number of ketones is 1. The van der Waals surface area contributed by atoms with E-state index < -0.39 is 5.97 Å². The number of Topliss-reactive ketones (excluding diaryl/α,β-unsaturated/α-hetero) is 1. The van der Waals surface area contributed by atoms with E-state index in [0.29, 0.717) is 0 Å². The summed E-state index contributed by atoms with van der Waals surface area (Å²) in [5.41, 5.74) is 0.265. The van der Waals surface area contributed by atoms with Gasteiger partial charge in [0.25, 0.3) is 0 Å². The molecule has 0 aliphatic carbocycles. The van der Waals surface area contributed by atoms with Crippen molar-refractivity contribution in [2.75, 3.05) is 27.8 Å². The van der Waals surface area contributed by atoms with Crippen LogP contribution in [0.4, 0.5) is 0 Å². The zero-order chi connectivity index (χ0) is 16.5. The van der Waals surface area contributed by atoms with Gasteiger partial charge in [-0.05, 0) is 19.1 Å². The van der Waals surface area contributed by atoms with Crippen LogP contribution in [0.25, 0.3) is 0 Å². The number of esters is 1. The summed E-state index contributed by atoms with van der Waals surface area (Å²) in [6, 6.07) is 3.05. The van der Waals surface area contributed by atoms with Gasteiger partial charge in [0.05, 0.1) is 5.56 Å². The van der Waals surface area contributed by atoms with E-state index in [9.17, 15) is 9.59 Å². The van der Waals surface area contributed by atoms with Gasteiger partial charge in [0.1, 0.15) is 0 Å². The lowest BCUT2D eigenvalue weighted by Gasteiger charge is -2.17. The Balaban J connectivity index is 3.33. The van der Waals surface area contributed by atoms with Crippen LogP contribution in [0.5, 0.6) is 17.2 Å². The van der Waals surface area contributed by atoms with Crippen LogP contribution in [-0.2, 0) is 14.3 Å². The molecule has 0 aliphatic heterocycles. The summed E-state index contributed by atoms with van der Waals surface area (Å²) in [5, 5.41) is 0. The Morgan fingerprint density at radius 3 is 2.18 bits per heavy atom. The number of hydrogen-bond donors (Lipinski definition) is 0. The Hall–Kier alpha value is -2.12. The first kappa shape index (κ1) is 17.9. The van der Waals surface area contributed by atoms with E-state index >= 15 is 0 Å². The first-order chi connectivity index (χ1) is 10.5. The van der Waals surface area contributed by atoms with Crippen molar-refractivity contribution < 1.29 is 33.3 Å². The van der Waals surface area contributed by atoms with Crippen LogP contribution in [-0.4, -0.2) is 39.6 Å². The minimum atomic E-state index is -0.481. The standard InChI is InChI=1S/C15H20O7/c1-5-13(17)22-15-12(20-8-18-3)7-6-11(10(2)16)14(15)21-9-19-4/h6-7H,5,8-9H2,1-4H3. The number of rotatable bonds is 9. The number of benzene rings is 1. The number of hydrogen-bond acceptors (Lipinski definition) is 7. The van der Waals surface area contributed by atoms with Gasteiger partial charge in [0.15, 0.2) is 30.9 Å². The van der Waals surface area contributed by atoms with Crippen LogP contribution in [0, 0.1) is 0 Å². The third kappa shape index (κ3) is 4.71. The lowest BCUT2D eigenvalue weighted by atomic mass is 10.1. The highest BCUT2D eigenvalue weighted by molar-refractivity contribution is 5.98. The lowest BCUT2D eigenvalue weighted by molar-refractivity contribution is -0.134. The summed E-state index contributed by atoms with van der Waals surface area (Å²) in [4.78, 5) is 23.4. The molecule has 1 aromatic carbocycles. The van der Waals surface area contributed by atoms with Gasteiger partial charge in [0, 0.05) is 20.6 Å². The van der Waals surface area contributed by atoms with Crippen molar-refractivity contribution in [2.24, 2.45) is 0 Å². The van der Waals surface area contributed by atoms with Crippen molar-refractivity contribution in [1.82, 2.24) is 0 Å². The molecule has 0 amide bonds. The van der Waals surface area contributed by atoms with Crippen LogP contribution in [0.15, 0.2) is 12.1 Å². The summed E-state index contributed by atoms with van der Waals surface area (Å²) >= 11 is 0. The Morgan fingerprint density at radius 2 is 1.64 bits per heavy atom. The molecule has 0 saturated heterocycles. The van der Waals surface area contributed by atoms with Crippen LogP contribution >= 0.6 is 0 Å². The Kier molecular flexibility index (Phi) is 7.34. The van der Waals surface area contributed by atoms with Gasteiger partial charge in [0.2, 0.25) is 5.75 Å². The normalized spacial score (nSPS) is 10.2. The maximum atomic E-state index is 11.7. The first-order valence-electron chi connectivity index (χ1n) is 6.67. The van der Waals surface area contributed by atoms with E-state index in [1.54, 1.807) is 6.92 Å². The molecule has 0 radical (unpaired) electrons. The Bertz CT molecular complexity index is 525. The zero-order valence-electron chi connectivity index (χ0n) is 13.1. The van der Waals surface area contributed by atoms with Gasteiger partial charge in [-0.15, -0.1) is 0 Å². The van der Waals surface area contributed by atoms with Crippen LogP contribution < -0.4 is 14.2 Å². The third-order valence-electron chi connectivity index (χ3n) is 2.61. The van der Waals surface area contributed by atoms with Crippen molar-refractivity contribution >= 4 is 11.8 Å². The van der Waals surface area contributed by atoms with E-state index in [4.69, 9.17) is 23.7 Å². The molecular formula is C15H20O7. The molecule has 0 fully saturated rings. The second-order valence-electron chi connectivity index (χ2n) is 4.26. The highest BCUT2D eigenvalue weighted by atomic mass is 16.7. The fourth-order valence-corrected chi connectivity index (χ4v) is 1.60. The van der Waals surface area contributed by atoms with Gasteiger partial charge >= 0.3 is 5.97 Å². The van der Waals surface area contributed by atoms with E-state index in [1.165, 1.54) is 33.3 Å². The topological polar surface area (TPSA) is 80.3 Å². The van der Waals surface area contributed by atoms with E-state index in [0.717, 1.165) is 0 Å². The third-order valence-corrected chi connectivity index (χ3v) is 2.61. The van der Waals surface area contributed by atoms with Gasteiger partial charge in [-0.25, -0.2) is 0 Å². The fraction of sp³-hybridized carbons (Fsp3) is 0.467. The molecule has 1 rings (SSSR count). The smallest absolute Gasteiger partial charge is 0.311 e. The van der Waals surface area contributed by atoms with E-state index in [1.807, 2.05) is 0 Å². The maximum absolute atomic E-state index is 11.7. The molecule has 0 heterocycles. The first-order valence-corrected chi connectivity index (χ1v) is 6.67. The summed E-state index contributed by atoms with van der Waals surface area (Å²) in [6.07, 6.45) is 0.164. The number of ether oxygens (including phenoxy) is 5.